The Balaban J connectivity index is 1.44. The molecule has 8 heteroatoms. The number of hydrogen-bond acceptors (Lipinski definition) is 7. The van der Waals surface area contributed by atoms with Gasteiger partial charge in [-0.1, -0.05) is 6.08 Å². The van der Waals surface area contributed by atoms with Gasteiger partial charge in [-0.25, -0.2) is 14.4 Å². The number of nitrogens with zero attached hydrogens (tertiary/aromatic N) is 7. The molecular formula is C19H24FN7. The lowest BCUT2D eigenvalue weighted by Gasteiger charge is -2.35. The van der Waals surface area contributed by atoms with E-state index in [2.05, 4.69) is 26.0 Å². The molecule has 142 valence electrons. The maximum absolute atomic E-state index is 13.8. The van der Waals surface area contributed by atoms with Crippen LogP contribution in [-0.4, -0.2) is 71.5 Å². The van der Waals surface area contributed by atoms with E-state index in [1.807, 2.05) is 19.3 Å². The summed E-state index contributed by atoms with van der Waals surface area (Å²) in [6.07, 6.45) is 7.95. The Hall–Kier alpha value is -2.53. The second kappa shape index (κ2) is 6.89. The highest BCUT2D eigenvalue weighted by Crippen LogP contribution is 2.47. The summed E-state index contributed by atoms with van der Waals surface area (Å²) in [5.74, 6) is 0.814. The molecule has 3 atom stereocenters. The van der Waals surface area contributed by atoms with Gasteiger partial charge in [0, 0.05) is 58.1 Å². The molecule has 3 heterocycles. The molecule has 27 heavy (non-hydrogen) atoms. The van der Waals surface area contributed by atoms with Gasteiger partial charge in [0.25, 0.3) is 0 Å². The third-order valence-electron chi connectivity index (χ3n) is 5.64. The van der Waals surface area contributed by atoms with Crippen LogP contribution in [0.3, 0.4) is 0 Å². The third kappa shape index (κ3) is 3.78. The number of alkyl halides is 1. The molecule has 0 spiro atoms. The molecule has 3 aliphatic rings. The van der Waals surface area contributed by atoms with Gasteiger partial charge in [0.15, 0.2) is 5.69 Å². The minimum atomic E-state index is -0.965. The number of nitriles is 1. The molecule has 2 fully saturated rings. The molecule has 2 aliphatic heterocycles. The van der Waals surface area contributed by atoms with Crippen molar-refractivity contribution in [3.8, 4) is 6.07 Å². The second-order valence-electron chi connectivity index (χ2n) is 7.75. The Labute approximate surface area is 158 Å². The van der Waals surface area contributed by atoms with Crippen LogP contribution in [-0.2, 0) is 0 Å². The summed E-state index contributed by atoms with van der Waals surface area (Å²) in [6, 6.07) is 2.13. The van der Waals surface area contributed by atoms with Gasteiger partial charge in [-0.15, -0.1) is 0 Å². The maximum atomic E-state index is 13.8. The van der Waals surface area contributed by atoms with Gasteiger partial charge in [-0.2, -0.15) is 10.4 Å². The lowest BCUT2D eigenvalue weighted by Crippen LogP contribution is -2.47. The number of allylic oxidation sites excluding steroid dienone is 1. The van der Waals surface area contributed by atoms with Crippen molar-refractivity contribution in [1.29, 1.82) is 5.26 Å². The number of aromatic nitrogens is 2. The van der Waals surface area contributed by atoms with Crippen molar-refractivity contribution in [1.82, 2.24) is 19.9 Å². The van der Waals surface area contributed by atoms with Gasteiger partial charge in [0.1, 0.15) is 17.6 Å². The minimum absolute atomic E-state index is 0.151. The third-order valence-corrected chi connectivity index (χ3v) is 5.64. The van der Waals surface area contributed by atoms with E-state index < -0.39 is 5.67 Å². The zero-order valence-electron chi connectivity index (χ0n) is 15.7. The lowest BCUT2D eigenvalue weighted by molar-refractivity contribution is 0.216. The maximum Gasteiger partial charge on any atom is 0.163 e. The Bertz CT molecular complexity index is 791. The van der Waals surface area contributed by atoms with E-state index in [1.54, 1.807) is 24.3 Å². The SMILES string of the molecule is CN1C=CC(c2nc(N3CCN(CC4CC4(C)F)CC3)cnc2C#N)C=N1. The first kappa shape index (κ1) is 17.9. The van der Waals surface area contributed by atoms with E-state index in [-0.39, 0.29) is 11.8 Å². The average molecular weight is 369 g/mol. The van der Waals surface area contributed by atoms with Crippen LogP contribution in [0.2, 0.25) is 0 Å². The fourth-order valence-electron chi connectivity index (χ4n) is 3.66. The molecule has 0 bridgehead atoms. The summed E-state index contributed by atoms with van der Waals surface area (Å²) in [5, 5.41) is 15.4. The van der Waals surface area contributed by atoms with Crippen LogP contribution in [0, 0.1) is 17.2 Å². The predicted octanol–water partition coefficient (Wildman–Crippen LogP) is 1.75. The number of hydrogen-bond donors (Lipinski definition) is 0. The Morgan fingerprint density at radius 3 is 2.67 bits per heavy atom. The van der Waals surface area contributed by atoms with Crippen molar-refractivity contribution >= 4 is 12.0 Å². The van der Waals surface area contributed by atoms with E-state index in [9.17, 15) is 9.65 Å². The Kier molecular flexibility index (Phi) is 4.56. The molecule has 0 radical (unpaired) electrons. The molecule has 0 amide bonds. The summed E-state index contributed by atoms with van der Waals surface area (Å²) in [7, 11) is 1.85. The van der Waals surface area contributed by atoms with Crippen LogP contribution in [0.4, 0.5) is 10.2 Å². The summed E-state index contributed by atoms with van der Waals surface area (Å²) >= 11 is 0. The van der Waals surface area contributed by atoms with Crippen LogP contribution in [0.15, 0.2) is 23.6 Å². The van der Waals surface area contributed by atoms with Crippen LogP contribution in [0.25, 0.3) is 0 Å². The predicted molar refractivity (Wildman–Crippen MR) is 101 cm³/mol. The summed E-state index contributed by atoms with van der Waals surface area (Å²) in [4.78, 5) is 13.6. The van der Waals surface area contributed by atoms with Gasteiger partial charge in [-0.3, -0.25) is 9.91 Å². The van der Waals surface area contributed by atoms with Crippen molar-refractivity contribution in [3.63, 3.8) is 0 Å². The Morgan fingerprint density at radius 2 is 2.07 bits per heavy atom. The number of rotatable bonds is 4. The van der Waals surface area contributed by atoms with Gasteiger partial charge in [0.05, 0.1) is 17.8 Å². The van der Waals surface area contributed by atoms with Gasteiger partial charge in [0.2, 0.25) is 0 Å². The Morgan fingerprint density at radius 1 is 1.33 bits per heavy atom. The molecular weight excluding hydrogens is 345 g/mol. The monoisotopic (exact) mass is 369 g/mol. The zero-order chi connectivity index (χ0) is 19.0. The molecule has 3 unspecified atom stereocenters. The molecule has 1 saturated carbocycles. The highest BCUT2D eigenvalue weighted by atomic mass is 19.1. The smallest absolute Gasteiger partial charge is 0.163 e. The molecule has 1 aliphatic carbocycles. The van der Waals surface area contributed by atoms with E-state index in [1.165, 1.54) is 0 Å². The largest absolute Gasteiger partial charge is 0.353 e. The van der Waals surface area contributed by atoms with Gasteiger partial charge < -0.3 is 4.90 Å². The van der Waals surface area contributed by atoms with E-state index in [0.29, 0.717) is 17.8 Å². The molecule has 7 nitrogen and oxygen atoms in total. The first-order valence-electron chi connectivity index (χ1n) is 9.35. The first-order valence-corrected chi connectivity index (χ1v) is 9.35. The summed E-state index contributed by atoms with van der Waals surface area (Å²) in [6.45, 7) is 5.96. The van der Waals surface area contributed by atoms with Crippen molar-refractivity contribution < 1.29 is 4.39 Å². The fourth-order valence-corrected chi connectivity index (χ4v) is 3.66. The normalized spacial score (nSPS) is 30.4. The number of piperazine rings is 1. The lowest BCUT2D eigenvalue weighted by atomic mass is 10.0. The van der Waals surface area contributed by atoms with Crippen molar-refractivity contribution in [2.45, 2.75) is 24.9 Å². The number of halogens is 1. The minimum Gasteiger partial charge on any atom is -0.353 e. The topological polar surface area (TPSA) is 71.7 Å². The second-order valence-corrected chi connectivity index (χ2v) is 7.75. The van der Waals surface area contributed by atoms with Crippen LogP contribution < -0.4 is 4.90 Å². The van der Waals surface area contributed by atoms with Crippen molar-refractivity contribution in [2.75, 3.05) is 44.7 Å². The van der Waals surface area contributed by atoms with Crippen LogP contribution in [0.5, 0.6) is 0 Å². The molecule has 1 saturated heterocycles. The first-order chi connectivity index (χ1) is 13.0. The molecule has 1 aromatic heterocycles. The van der Waals surface area contributed by atoms with Crippen LogP contribution in [0.1, 0.15) is 30.7 Å². The molecule has 1 aromatic rings. The standard InChI is InChI=1S/C19H24FN7/c1-19(20)9-15(19)13-26-5-7-27(8-6-26)17-12-22-16(10-21)18(24-17)14-3-4-25(2)23-11-14/h3-4,11-12,14-15H,5-9,13H2,1-2H3. The van der Waals surface area contributed by atoms with E-state index in [4.69, 9.17) is 4.98 Å². The van der Waals surface area contributed by atoms with Gasteiger partial charge >= 0.3 is 0 Å². The average Bonchev–Trinajstić information content (AvgIpc) is 3.28. The summed E-state index contributed by atoms with van der Waals surface area (Å²) < 4.78 is 13.8. The highest BCUT2D eigenvalue weighted by Gasteiger charge is 2.51. The number of anilines is 1. The van der Waals surface area contributed by atoms with Gasteiger partial charge in [-0.05, 0) is 13.3 Å². The summed E-state index contributed by atoms with van der Waals surface area (Å²) in [5.41, 5.74) is 0.00374. The fraction of sp³-hybridized carbons (Fsp3) is 0.579. The quantitative estimate of drug-likeness (QED) is 0.805. The van der Waals surface area contributed by atoms with Crippen molar-refractivity contribution in [3.05, 3.63) is 29.9 Å². The number of hydrazone groups is 1. The highest BCUT2D eigenvalue weighted by molar-refractivity contribution is 5.71. The molecule has 4 rings (SSSR count). The molecule has 0 N–H and O–H groups in total. The van der Waals surface area contributed by atoms with Crippen molar-refractivity contribution in [2.24, 2.45) is 11.0 Å². The van der Waals surface area contributed by atoms with E-state index >= 15 is 0 Å². The zero-order valence-corrected chi connectivity index (χ0v) is 15.7. The molecule has 0 aromatic carbocycles. The van der Waals surface area contributed by atoms with Crippen LogP contribution >= 0.6 is 0 Å². The van der Waals surface area contributed by atoms with E-state index in [0.717, 1.165) is 38.5 Å².